The van der Waals surface area contributed by atoms with E-state index in [4.69, 9.17) is 0 Å². The maximum Gasteiger partial charge on any atom is 0.259 e. The smallest absolute Gasteiger partial charge is 0.259 e. The first-order valence-corrected chi connectivity index (χ1v) is 6.91. The van der Waals surface area contributed by atoms with Gasteiger partial charge in [0.15, 0.2) is 0 Å². The van der Waals surface area contributed by atoms with Crippen LogP contribution in [0.4, 0.5) is 0 Å². The molecule has 5 heteroatoms. The van der Waals surface area contributed by atoms with Crippen LogP contribution in [0, 0.1) is 6.92 Å². The van der Waals surface area contributed by atoms with Crippen molar-refractivity contribution in [1.29, 1.82) is 0 Å². The van der Waals surface area contributed by atoms with E-state index in [-0.39, 0.29) is 5.56 Å². The Bertz CT molecular complexity index is 723. The third kappa shape index (κ3) is 1.92. The van der Waals surface area contributed by atoms with E-state index in [1.165, 1.54) is 0 Å². The summed E-state index contributed by atoms with van der Waals surface area (Å²) in [5.41, 5.74) is 0.0785. The summed E-state index contributed by atoms with van der Waals surface area (Å²) in [5, 5.41) is 3.79. The topological polar surface area (TPSA) is 34.9 Å². The Morgan fingerprint density at radius 1 is 1.41 bits per heavy atom. The first kappa shape index (κ1) is 10.7. The Hall–Kier alpha value is -1.46. The maximum absolute atomic E-state index is 12.2. The fourth-order valence-corrected chi connectivity index (χ4v) is 3.34. The lowest BCUT2D eigenvalue weighted by Gasteiger charge is -2.02. The SMILES string of the molecule is Cc1ncc(Cn2ccc3sccc3c2=O)s1. The summed E-state index contributed by atoms with van der Waals surface area (Å²) < 4.78 is 2.79. The van der Waals surface area contributed by atoms with Gasteiger partial charge in [0, 0.05) is 22.0 Å². The number of aryl methyl sites for hydroxylation is 1. The number of hydrogen-bond donors (Lipinski definition) is 0. The van der Waals surface area contributed by atoms with E-state index >= 15 is 0 Å². The number of fused-ring (bicyclic) bond motifs is 1. The quantitative estimate of drug-likeness (QED) is 0.712. The van der Waals surface area contributed by atoms with Crippen LogP contribution in [0.1, 0.15) is 9.88 Å². The second-order valence-corrected chi connectivity index (χ2v) is 6.06. The first-order valence-electron chi connectivity index (χ1n) is 5.22. The number of thiophene rings is 1. The Morgan fingerprint density at radius 2 is 2.29 bits per heavy atom. The number of thiazole rings is 1. The maximum atomic E-state index is 12.2. The zero-order chi connectivity index (χ0) is 11.8. The minimum Gasteiger partial charge on any atom is -0.310 e. The number of pyridine rings is 1. The van der Waals surface area contributed by atoms with Crippen LogP contribution >= 0.6 is 22.7 Å². The number of hydrogen-bond acceptors (Lipinski definition) is 4. The molecule has 0 aromatic carbocycles. The van der Waals surface area contributed by atoms with Crippen LogP contribution < -0.4 is 5.56 Å². The molecule has 3 aromatic heterocycles. The van der Waals surface area contributed by atoms with E-state index in [2.05, 4.69) is 4.98 Å². The summed E-state index contributed by atoms with van der Waals surface area (Å²) in [7, 11) is 0. The standard InChI is InChI=1S/C12H10N2OS2/c1-8-13-6-9(17-8)7-14-4-2-11-10(12(14)15)3-5-16-11/h2-6H,7H2,1H3. The summed E-state index contributed by atoms with van der Waals surface area (Å²) in [6.07, 6.45) is 3.69. The average molecular weight is 262 g/mol. The van der Waals surface area contributed by atoms with Gasteiger partial charge in [-0.3, -0.25) is 4.79 Å². The molecule has 0 saturated carbocycles. The fourth-order valence-electron chi connectivity index (χ4n) is 1.78. The minimum atomic E-state index is 0.0785. The second kappa shape index (κ2) is 4.09. The lowest BCUT2D eigenvalue weighted by atomic mass is 10.3. The van der Waals surface area contributed by atoms with Crippen LogP contribution in [0.2, 0.25) is 0 Å². The highest BCUT2D eigenvalue weighted by molar-refractivity contribution is 7.17. The highest BCUT2D eigenvalue weighted by Crippen LogP contribution is 2.17. The molecule has 0 aliphatic heterocycles. The molecule has 3 aromatic rings. The normalized spacial score (nSPS) is 11.1. The van der Waals surface area contributed by atoms with Gasteiger partial charge in [0.25, 0.3) is 5.56 Å². The van der Waals surface area contributed by atoms with Crippen molar-refractivity contribution in [1.82, 2.24) is 9.55 Å². The van der Waals surface area contributed by atoms with E-state index in [1.54, 1.807) is 27.2 Å². The lowest BCUT2D eigenvalue weighted by molar-refractivity contribution is 0.778. The van der Waals surface area contributed by atoms with E-state index in [0.29, 0.717) is 6.54 Å². The monoisotopic (exact) mass is 262 g/mol. The molecule has 0 saturated heterocycles. The third-order valence-corrected chi connectivity index (χ3v) is 4.37. The Balaban J connectivity index is 2.06. The number of aromatic nitrogens is 2. The van der Waals surface area contributed by atoms with Gasteiger partial charge in [0.1, 0.15) is 0 Å². The summed E-state index contributed by atoms with van der Waals surface area (Å²) in [6, 6.07) is 3.88. The minimum absolute atomic E-state index is 0.0785. The first-order chi connectivity index (χ1) is 8.24. The van der Waals surface area contributed by atoms with Gasteiger partial charge in [-0.15, -0.1) is 22.7 Å². The molecule has 0 atom stereocenters. The van der Waals surface area contributed by atoms with E-state index in [9.17, 15) is 4.79 Å². The van der Waals surface area contributed by atoms with Crippen LogP contribution in [0.3, 0.4) is 0 Å². The van der Waals surface area contributed by atoms with E-state index in [1.807, 2.05) is 36.8 Å². The van der Waals surface area contributed by atoms with Crippen LogP contribution in [0.15, 0.2) is 34.7 Å². The third-order valence-electron chi connectivity index (χ3n) is 2.59. The molecular formula is C12H10N2OS2. The molecule has 0 bridgehead atoms. The average Bonchev–Trinajstić information content (AvgIpc) is 2.92. The van der Waals surface area contributed by atoms with Crippen molar-refractivity contribution in [3.8, 4) is 0 Å². The van der Waals surface area contributed by atoms with Gasteiger partial charge in [-0.1, -0.05) is 0 Å². The van der Waals surface area contributed by atoms with Crippen molar-refractivity contribution in [2.24, 2.45) is 0 Å². The predicted octanol–water partition coefficient (Wildman–Crippen LogP) is 2.88. The molecule has 0 radical (unpaired) electrons. The summed E-state index contributed by atoms with van der Waals surface area (Å²) in [5.74, 6) is 0. The molecule has 86 valence electrons. The molecule has 17 heavy (non-hydrogen) atoms. The molecule has 0 fully saturated rings. The van der Waals surface area contributed by atoms with E-state index in [0.717, 1.165) is 20.0 Å². The largest absolute Gasteiger partial charge is 0.310 e. The molecule has 3 nitrogen and oxygen atoms in total. The lowest BCUT2D eigenvalue weighted by Crippen LogP contribution is -2.18. The Morgan fingerprint density at radius 3 is 3.06 bits per heavy atom. The van der Waals surface area contributed by atoms with Gasteiger partial charge in [0.2, 0.25) is 0 Å². The van der Waals surface area contributed by atoms with Gasteiger partial charge in [0.05, 0.1) is 16.9 Å². The highest BCUT2D eigenvalue weighted by atomic mass is 32.1. The van der Waals surface area contributed by atoms with Crippen molar-refractivity contribution >= 4 is 32.8 Å². The molecule has 3 rings (SSSR count). The van der Waals surface area contributed by atoms with Crippen LogP contribution in [-0.4, -0.2) is 9.55 Å². The molecule has 0 spiro atoms. The highest BCUT2D eigenvalue weighted by Gasteiger charge is 2.05. The zero-order valence-corrected chi connectivity index (χ0v) is 10.8. The van der Waals surface area contributed by atoms with Crippen molar-refractivity contribution in [2.75, 3.05) is 0 Å². The molecule has 0 aliphatic carbocycles. The number of rotatable bonds is 2. The van der Waals surface area contributed by atoms with Gasteiger partial charge in [-0.05, 0) is 24.4 Å². The van der Waals surface area contributed by atoms with Crippen LogP contribution in [-0.2, 0) is 6.54 Å². The molecule has 0 amide bonds. The van der Waals surface area contributed by atoms with Gasteiger partial charge in [-0.2, -0.15) is 0 Å². The fraction of sp³-hybridized carbons (Fsp3) is 0.167. The summed E-state index contributed by atoms with van der Waals surface area (Å²) >= 11 is 3.23. The second-order valence-electron chi connectivity index (χ2n) is 3.79. The summed E-state index contributed by atoms with van der Waals surface area (Å²) in [4.78, 5) is 17.5. The van der Waals surface area contributed by atoms with Gasteiger partial charge in [-0.25, -0.2) is 4.98 Å². The van der Waals surface area contributed by atoms with Crippen molar-refractivity contribution in [3.05, 3.63) is 50.1 Å². The van der Waals surface area contributed by atoms with Crippen LogP contribution in [0.5, 0.6) is 0 Å². The van der Waals surface area contributed by atoms with Crippen molar-refractivity contribution in [2.45, 2.75) is 13.5 Å². The predicted molar refractivity (Wildman–Crippen MR) is 72.0 cm³/mol. The summed E-state index contributed by atoms with van der Waals surface area (Å²) in [6.45, 7) is 2.58. The molecule has 0 unspecified atom stereocenters. The Labute approximate surface area is 106 Å². The van der Waals surface area contributed by atoms with Crippen LogP contribution in [0.25, 0.3) is 10.1 Å². The molecule has 0 aliphatic rings. The van der Waals surface area contributed by atoms with Gasteiger partial charge >= 0.3 is 0 Å². The Kier molecular flexibility index (Phi) is 2.57. The van der Waals surface area contributed by atoms with Gasteiger partial charge < -0.3 is 4.57 Å². The molecule has 0 N–H and O–H groups in total. The van der Waals surface area contributed by atoms with E-state index < -0.39 is 0 Å². The van der Waals surface area contributed by atoms with Crippen molar-refractivity contribution < 1.29 is 0 Å². The number of nitrogens with zero attached hydrogens (tertiary/aromatic N) is 2. The molecular weight excluding hydrogens is 252 g/mol. The molecule has 3 heterocycles. The van der Waals surface area contributed by atoms with Crippen molar-refractivity contribution in [3.63, 3.8) is 0 Å². The zero-order valence-electron chi connectivity index (χ0n) is 9.21.